The first-order chi connectivity index (χ1) is 11.6. The monoisotopic (exact) mass is 343 g/mol. The highest BCUT2D eigenvalue weighted by Gasteiger charge is 2.32. The number of halogens is 1. The summed E-state index contributed by atoms with van der Waals surface area (Å²) in [4.78, 5) is 16.1. The maximum absolute atomic E-state index is 12.0. The molecule has 5 heteroatoms. The van der Waals surface area contributed by atoms with Crippen molar-refractivity contribution in [1.82, 2.24) is 4.90 Å². The lowest BCUT2D eigenvalue weighted by Gasteiger charge is -2.32. The van der Waals surface area contributed by atoms with Gasteiger partial charge in [0, 0.05) is 32.2 Å². The quantitative estimate of drug-likeness (QED) is 0.782. The molecule has 0 unspecified atom stereocenters. The number of carbonyl (C=O) groups is 1. The standard InChI is InChI=1S/C19H22ClN3O/c1-22-13-17(10-19(22)24)23(12-14-5-3-2-4-6-14)16-8-7-15(11-21)18(20)9-16/h5,7-9,17H,2-4,6,10,12-13H2,1H3/t17-/m0/s1. The molecular weight excluding hydrogens is 322 g/mol. The minimum absolute atomic E-state index is 0.148. The predicted octanol–water partition coefficient (Wildman–Crippen LogP) is 3.75. The van der Waals surface area contributed by atoms with Crippen LogP contribution >= 0.6 is 11.6 Å². The van der Waals surface area contributed by atoms with Crippen LogP contribution in [0.1, 0.15) is 37.7 Å². The molecule has 1 aliphatic carbocycles. The molecule has 0 saturated carbocycles. The minimum atomic E-state index is 0.148. The number of amides is 1. The van der Waals surface area contributed by atoms with Crippen LogP contribution in [-0.4, -0.2) is 37.0 Å². The number of nitriles is 1. The van der Waals surface area contributed by atoms with Gasteiger partial charge in [-0.1, -0.05) is 23.3 Å². The van der Waals surface area contributed by atoms with Crippen molar-refractivity contribution in [3.63, 3.8) is 0 Å². The smallest absolute Gasteiger partial charge is 0.224 e. The van der Waals surface area contributed by atoms with Crippen LogP contribution in [0.25, 0.3) is 0 Å². The van der Waals surface area contributed by atoms with Crippen LogP contribution in [-0.2, 0) is 4.79 Å². The maximum Gasteiger partial charge on any atom is 0.224 e. The second kappa shape index (κ2) is 7.27. The van der Waals surface area contributed by atoms with Crippen LogP contribution in [0.15, 0.2) is 29.8 Å². The molecule has 1 aromatic carbocycles. The van der Waals surface area contributed by atoms with Crippen molar-refractivity contribution >= 4 is 23.2 Å². The Balaban J connectivity index is 1.89. The molecule has 1 saturated heterocycles. The number of likely N-dealkylation sites (N-methyl/N-ethyl adjacent to an activating group) is 1. The number of allylic oxidation sites excluding steroid dienone is 1. The van der Waals surface area contributed by atoms with E-state index in [2.05, 4.69) is 17.0 Å². The molecule has 1 aromatic rings. The second-order valence-corrected chi connectivity index (χ2v) is 7.05. The Morgan fingerprint density at radius 1 is 1.42 bits per heavy atom. The van der Waals surface area contributed by atoms with E-state index in [0.29, 0.717) is 17.0 Å². The van der Waals surface area contributed by atoms with Gasteiger partial charge in [-0.15, -0.1) is 0 Å². The molecule has 0 aromatic heterocycles. The normalized spacial score (nSPS) is 20.7. The second-order valence-electron chi connectivity index (χ2n) is 6.64. The molecule has 1 atom stereocenters. The van der Waals surface area contributed by atoms with E-state index in [0.717, 1.165) is 31.6 Å². The van der Waals surface area contributed by atoms with Gasteiger partial charge in [-0.25, -0.2) is 0 Å². The van der Waals surface area contributed by atoms with Crippen LogP contribution in [0, 0.1) is 11.3 Å². The molecule has 2 aliphatic rings. The number of hydrogen-bond donors (Lipinski definition) is 0. The molecule has 126 valence electrons. The molecule has 3 rings (SSSR count). The van der Waals surface area contributed by atoms with Crippen molar-refractivity contribution in [3.05, 3.63) is 40.4 Å². The summed E-state index contributed by atoms with van der Waals surface area (Å²) in [6, 6.07) is 7.81. The molecule has 1 fully saturated rings. The van der Waals surface area contributed by atoms with Crippen LogP contribution < -0.4 is 4.90 Å². The van der Waals surface area contributed by atoms with Crippen LogP contribution in [0.4, 0.5) is 5.69 Å². The van der Waals surface area contributed by atoms with E-state index in [9.17, 15) is 4.79 Å². The van der Waals surface area contributed by atoms with Crippen LogP contribution in [0.2, 0.25) is 5.02 Å². The number of hydrogen-bond acceptors (Lipinski definition) is 3. The molecule has 0 N–H and O–H groups in total. The van der Waals surface area contributed by atoms with Gasteiger partial charge in [0.05, 0.1) is 16.6 Å². The zero-order chi connectivity index (χ0) is 17.1. The number of nitrogens with zero attached hydrogens (tertiary/aromatic N) is 3. The molecule has 1 heterocycles. The van der Waals surface area contributed by atoms with Gasteiger partial charge in [-0.05, 0) is 43.9 Å². The summed E-state index contributed by atoms with van der Waals surface area (Å²) >= 11 is 6.24. The van der Waals surface area contributed by atoms with Crippen molar-refractivity contribution < 1.29 is 4.79 Å². The Labute approximate surface area is 148 Å². The summed E-state index contributed by atoms with van der Waals surface area (Å²) in [6.07, 6.45) is 7.62. The predicted molar refractivity (Wildman–Crippen MR) is 96.1 cm³/mol. The summed E-state index contributed by atoms with van der Waals surface area (Å²) in [5.41, 5.74) is 2.90. The van der Waals surface area contributed by atoms with Crippen LogP contribution in [0.3, 0.4) is 0 Å². The van der Waals surface area contributed by atoms with Gasteiger partial charge in [0.1, 0.15) is 6.07 Å². The maximum atomic E-state index is 12.0. The van der Waals surface area contributed by atoms with E-state index < -0.39 is 0 Å². The van der Waals surface area contributed by atoms with Crippen molar-refractivity contribution in [2.24, 2.45) is 0 Å². The van der Waals surface area contributed by atoms with Gasteiger partial charge in [0.2, 0.25) is 5.91 Å². The molecule has 1 aliphatic heterocycles. The van der Waals surface area contributed by atoms with Gasteiger partial charge in [0.15, 0.2) is 0 Å². The molecule has 0 spiro atoms. The van der Waals surface area contributed by atoms with E-state index >= 15 is 0 Å². The van der Waals surface area contributed by atoms with E-state index in [-0.39, 0.29) is 11.9 Å². The summed E-state index contributed by atoms with van der Waals surface area (Å²) < 4.78 is 0. The van der Waals surface area contributed by atoms with Gasteiger partial charge in [-0.3, -0.25) is 4.79 Å². The number of carbonyl (C=O) groups excluding carboxylic acids is 1. The zero-order valence-electron chi connectivity index (χ0n) is 14.0. The Hall–Kier alpha value is -1.99. The third-order valence-corrected chi connectivity index (χ3v) is 5.24. The molecule has 1 amide bonds. The molecule has 0 radical (unpaired) electrons. The molecule has 0 bridgehead atoms. The van der Waals surface area contributed by atoms with Crippen molar-refractivity contribution in [3.8, 4) is 6.07 Å². The van der Waals surface area contributed by atoms with Gasteiger partial charge in [0.25, 0.3) is 0 Å². The fourth-order valence-electron chi connectivity index (χ4n) is 3.52. The number of rotatable bonds is 4. The Morgan fingerprint density at radius 2 is 2.25 bits per heavy atom. The highest BCUT2D eigenvalue weighted by molar-refractivity contribution is 6.32. The first-order valence-corrected chi connectivity index (χ1v) is 8.84. The van der Waals surface area contributed by atoms with E-state index in [1.807, 2.05) is 19.2 Å². The van der Waals surface area contributed by atoms with E-state index in [1.54, 1.807) is 11.0 Å². The molecule has 24 heavy (non-hydrogen) atoms. The Morgan fingerprint density at radius 3 is 2.83 bits per heavy atom. The highest BCUT2D eigenvalue weighted by Crippen LogP contribution is 2.30. The first kappa shape index (κ1) is 16.9. The number of anilines is 1. The highest BCUT2D eigenvalue weighted by atomic mass is 35.5. The summed E-state index contributed by atoms with van der Waals surface area (Å²) in [7, 11) is 1.85. The van der Waals surface area contributed by atoms with Crippen molar-refractivity contribution in [1.29, 1.82) is 5.26 Å². The topological polar surface area (TPSA) is 47.3 Å². The lowest BCUT2D eigenvalue weighted by Crippen LogP contribution is -2.38. The largest absolute Gasteiger partial charge is 0.362 e. The summed E-state index contributed by atoms with van der Waals surface area (Å²) in [5.74, 6) is 0.183. The lowest BCUT2D eigenvalue weighted by molar-refractivity contribution is -0.126. The fraction of sp³-hybridized carbons (Fsp3) is 0.474. The zero-order valence-corrected chi connectivity index (χ0v) is 14.7. The van der Waals surface area contributed by atoms with Crippen molar-refractivity contribution in [2.75, 3.05) is 25.0 Å². The van der Waals surface area contributed by atoms with E-state index in [1.165, 1.54) is 18.4 Å². The number of benzene rings is 1. The first-order valence-electron chi connectivity index (χ1n) is 8.46. The molecular formula is C19H22ClN3O. The minimum Gasteiger partial charge on any atom is -0.362 e. The third-order valence-electron chi connectivity index (χ3n) is 4.92. The van der Waals surface area contributed by atoms with Gasteiger partial charge >= 0.3 is 0 Å². The fourth-order valence-corrected chi connectivity index (χ4v) is 3.74. The Bertz CT molecular complexity index is 707. The van der Waals surface area contributed by atoms with Crippen molar-refractivity contribution in [2.45, 2.75) is 38.1 Å². The van der Waals surface area contributed by atoms with Gasteiger partial charge < -0.3 is 9.80 Å². The summed E-state index contributed by atoms with van der Waals surface area (Å²) in [5, 5.41) is 9.55. The van der Waals surface area contributed by atoms with E-state index in [4.69, 9.17) is 16.9 Å². The summed E-state index contributed by atoms with van der Waals surface area (Å²) in [6.45, 7) is 1.55. The average Bonchev–Trinajstić information content (AvgIpc) is 2.92. The van der Waals surface area contributed by atoms with Crippen LogP contribution in [0.5, 0.6) is 0 Å². The average molecular weight is 344 g/mol. The number of likely N-dealkylation sites (tertiary alicyclic amines) is 1. The third kappa shape index (κ3) is 3.57. The Kier molecular flexibility index (Phi) is 5.11. The SMILES string of the molecule is CN1C[C@@H](N(CC2=CCCCC2)c2ccc(C#N)c(Cl)c2)CC1=O. The van der Waals surface area contributed by atoms with Gasteiger partial charge in [-0.2, -0.15) is 5.26 Å². The lowest BCUT2D eigenvalue weighted by atomic mass is 9.98. The molecule has 4 nitrogen and oxygen atoms in total.